The quantitative estimate of drug-likeness (QED) is 0.230. The molecule has 3 rings (SSSR count). The highest BCUT2D eigenvalue weighted by Gasteiger charge is 2.45. The fourth-order valence-corrected chi connectivity index (χ4v) is 3.93. The molecule has 3 amide bonds. The number of aromatic nitrogens is 1. The van der Waals surface area contributed by atoms with E-state index in [2.05, 4.69) is 26.3 Å². The van der Waals surface area contributed by atoms with E-state index in [1.54, 1.807) is 20.8 Å². The minimum absolute atomic E-state index is 0.0376. The first-order chi connectivity index (χ1) is 17.9. The maximum Gasteiger partial charge on any atom is 0.413 e. The Balaban J connectivity index is 1.86. The SMILES string of the molecule is CC(C)COC(=O)C1(O/N=C(\C(=O)N[C@H]2CONC2=O)c2csc(NC(=O)OC(C)(C)C)n2)CCOCC1. The van der Waals surface area contributed by atoms with Gasteiger partial charge in [0.05, 0.1) is 19.8 Å². The summed E-state index contributed by atoms with van der Waals surface area (Å²) in [6.45, 7) is 9.50. The minimum Gasteiger partial charge on any atom is -0.462 e. The van der Waals surface area contributed by atoms with Gasteiger partial charge >= 0.3 is 12.1 Å². The largest absolute Gasteiger partial charge is 0.462 e. The van der Waals surface area contributed by atoms with Crippen LogP contribution < -0.4 is 16.1 Å². The van der Waals surface area contributed by atoms with Crippen LogP contribution in [-0.2, 0) is 38.3 Å². The number of nitrogens with zero attached hydrogens (tertiary/aromatic N) is 2. The Labute approximate surface area is 223 Å². The molecule has 15 heteroatoms. The Kier molecular flexibility index (Phi) is 9.62. The van der Waals surface area contributed by atoms with Crippen LogP contribution in [-0.4, -0.2) is 78.2 Å². The first kappa shape index (κ1) is 29.3. The van der Waals surface area contributed by atoms with Gasteiger partial charge in [-0.2, -0.15) is 0 Å². The predicted octanol–water partition coefficient (Wildman–Crippen LogP) is 1.51. The molecule has 2 aliphatic heterocycles. The molecule has 38 heavy (non-hydrogen) atoms. The summed E-state index contributed by atoms with van der Waals surface area (Å²) >= 11 is 1.02. The molecule has 14 nitrogen and oxygen atoms in total. The van der Waals surface area contributed by atoms with Crippen LogP contribution in [0.1, 0.15) is 53.2 Å². The van der Waals surface area contributed by atoms with E-state index < -0.39 is 41.1 Å². The van der Waals surface area contributed by atoms with Crippen molar-refractivity contribution in [2.75, 3.05) is 31.7 Å². The van der Waals surface area contributed by atoms with E-state index in [1.807, 2.05) is 13.8 Å². The molecule has 2 saturated heterocycles. The molecule has 2 fully saturated rings. The molecule has 1 aromatic rings. The lowest BCUT2D eigenvalue weighted by Gasteiger charge is -2.32. The molecular weight excluding hydrogens is 522 g/mol. The second-order valence-electron chi connectivity index (χ2n) is 10.1. The molecule has 1 atom stereocenters. The van der Waals surface area contributed by atoms with E-state index in [-0.39, 0.29) is 61.7 Å². The van der Waals surface area contributed by atoms with Gasteiger partial charge in [0, 0.05) is 18.2 Å². The number of esters is 1. The highest BCUT2D eigenvalue weighted by molar-refractivity contribution is 7.14. The Morgan fingerprint density at radius 3 is 2.61 bits per heavy atom. The van der Waals surface area contributed by atoms with Crippen molar-refractivity contribution < 1.29 is 43.1 Å². The molecule has 0 unspecified atom stereocenters. The van der Waals surface area contributed by atoms with Crippen LogP contribution >= 0.6 is 11.3 Å². The summed E-state index contributed by atoms with van der Waals surface area (Å²) in [5.74, 6) is -1.86. The Morgan fingerprint density at radius 1 is 1.29 bits per heavy atom. The number of rotatable bonds is 9. The van der Waals surface area contributed by atoms with Crippen LogP contribution in [0.5, 0.6) is 0 Å². The third-order valence-corrected chi connectivity index (χ3v) is 5.90. The number of amides is 3. The molecule has 0 saturated carbocycles. The van der Waals surface area contributed by atoms with Crippen LogP contribution in [0.15, 0.2) is 10.5 Å². The van der Waals surface area contributed by atoms with Gasteiger partial charge in [-0.15, -0.1) is 11.3 Å². The van der Waals surface area contributed by atoms with Crippen molar-refractivity contribution >= 4 is 46.1 Å². The van der Waals surface area contributed by atoms with Gasteiger partial charge in [0.1, 0.15) is 23.9 Å². The normalized spacial score (nSPS) is 19.5. The number of hydrogen-bond acceptors (Lipinski definition) is 12. The Bertz CT molecular complexity index is 1060. The average Bonchev–Trinajstić information content (AvgIpc) is 3.45. The maximum absolute atomic E-state index is 13.2. The van der Waals surface area contributed by atoms with Crippen molar-refractivity contribution in [3.8, 4) is 0 Å². The molecule has 3 N–H and O–H groups in total. The monoisotopic (exact) mass is 555 g/mol. The number of oxime groups is 1. The summed E-state index contributed by atoms with van der Waals surface area (Å²) in [6, 6.07) is -0.973. The van der Waals surface area contributed by atoms with Crippen molar-refractivity contribution in [1.29, 1.82) is 0 Å². The second-order valence-corrected chi connectivity index (χ2v) is 11.0. The van der Waals surface area contributed by atoms with Crippen LogP contribution in [0, 0.1) is 5.92 Å². The lowest BCUT2D eigenvalue weighted by atomic mass is 9.94. The summed E-state index contributed by atoms with van der Waals surface area (Å²) in [4.78, 5) is 65.1. The van der Waals surface area contributed by atoms with E-state index in [0.717, 1.165) is 11.3 Å². The van der Waals surface area contributed by atoms with Gasteiger partial charge in [0.25, 0.3) is 11.8 Å². The molecule has 0 bridgehead atoms. The highest BCUT2D eigenvalue weighted by atomic mass is 32.1. The number of carbonyl (C=O) groups excluding carboxylic acids is 4. The van der Waals surface area contributed by atoms with Crippen molar-refractivity contribution in [2.24, 2.45) is 11.1 Å². The third-order valence-electron chi connectivity index (χ3n) is 5.15. The van der Waals surface area contributed by atoms with Crippen LogP contribution in [0.3, 0.4) is 0 Å². The Hall–Kier alpha value is -3.30. The number of nitrogens with one attached hydrogen (secondary N) is 3. The van der Waals surface area contributed by atoms with Gasteiger partial charge in [-0.3, -0.25) is 19.7 Å². The molecule has 0 spiro atoms. The number of anilines is 1. The molecule has 0 aliphatic carbocycles. The van der Waals surface area contributed by atoms with Gasteiger partial charge in [-0.25, -0.2) is 20.1 Å². The lowest BCUT2D eigenvalue weighted by molar-refractivity contribution is -0.186. The fourth-order valence-electron chi connectivity index (χ4n) is 3.25. The second kappa shape index (κ2) is 12.5. The highest BCUT2D eigenvalue weighted by Crippen LogP contribution is 2.28. The Morgan fingerprint density at radius 2 is 2.00 bits per heavy atom. The zero-order valence-electron chi connectivity index (χ0n) is 22.0. The summed E-state index contributed by atoms with van der Waals surface area (Å²) in [5, 5.41) is 10.6. The van der Waals surface area contributed by atoms with E-state index in [1.165, 1.54) is 5.38 Å². The summed E-state index contributed by atoms with van der Waals surface area (Å²) in [7, 11) is 0. The van der Waals surface area contributed by atoms with E-state index in [0.29, 0.717) is 0 Å². The maximum atomic E-state index is 13.2. The summed E-state index contributed by atoms with van der Waals surface area (Å²) < 4.78 is 16.0. The first-order valence-electron chi connectivity index (χ1n) is 12.1. The zero-order chi connectivity index (χ0) is 27.9. The van der Waals surface area contributed by atoms with Gasteiger partial charge in [0.2, 0.25) is 5.60 Å². The predicted molar refractivity (Wildman–Crippen MR) is 134 cm³/mol. The molecule has 0 radical (unpaired) electrons. The van der Waals surface area contributed by atoms with Crippen LogP contribution in [0.25, 0.3) is 0 Å². The van der Waals surface area contributed by atoms with Crippen molar-refractivity contribution in [3.63, 3.8) is 0 Å². The van der Waals surface area contributed by atoms with Gasteiger partial charge in [0.15, 0.2) is 10.8 Å². The van der Waals surface area contributed by atoms with E-state index >= 15 is 0 Å². The number of ether oxygens (including phenoxy) is 3. The smallest absolute Gasteiger partial charge is 0.413 e. The third kappa shape index (κ3) is 8.10. The summed E-state index contributed by atoms with van der Waals surface area (Å²) in [5.41, 5.74) is -0.328. The molecule has 3 heterocycles. The molecule has 0 aromatic carbocycles. The van der Waals surface area contributed by atoms with Crippen LogP contribution in [0.4, 0.5) is 9.93 Å². The van der Waals surface area contributed by atoms with Gasteiger partial charge in [-0.05, 0) is 26.7 Å². The molecular formula is C23H33N5O9S. The van der Waals surface area contributed by atoms with E-state index in [4.69, 9.17) is 23.9 Å². The van der Waals surface area contributed by atoms with Gasteiger partial charge < -0.3 is 24.4 Å². The number of hydrogen-bond donors (Lipinski definition) is 3. The minimum atomic E-state index is -1.47. The van der Waals surface area contributed by atoms with Crippen LogP contribution in [0.2, 0.25) is 0 Å². The molecule has 1 aromatic heterocycles. The van der Waals surface area contributed by atoms with Crippen molar-refractivity contribution in [1.82, 2.24) is 15.8 Å². The first-order valence-corrected chi connectivity index (χ1v) is 13.0. The van der Waals surface area contributed by atoms with Crippen molar-refractivity contribution in [2.45, 2.75) is 64.7 Å². The van der Waals surface area contributed by atoms with Gasteiger partial charge in [-0.1, -0.05) is 19.0 Å². The fraction of sp³-hybridized carbons (Fsp3) is 0.652. The number of hydroxylamine groups is 1. The number of thiazole rings is 1. The van der Waals surface area contributed by atoms with E-state index in [9.17, 15) is 19.2 Å². The zero-order valence-corrected chi connectivity index (χ0v) is 22.8. The standard InChI is InChI=1S/C23H33N5O9S/c1-13(2)10-34-19(31)23(6-8-33-9-7-23)37-27-16(18(30)24-14-11-35-28-17(14)29)15-12-38-20(25-15)26-21(32)36-22(3,4)5/h12-14H,6-11H2,1-5H3,(H,24,30)(H,28,29)(H,25,26,32)/b27-16-/t14-/m0/s1. The molecule has 210 valence electrons. The summed E-state index contributed by atoms with van der Waals surface area (Å²) in [6.07, 6.45) is -0.417. The lowest BCUT2D eigenvalue weighted by Crippen LogP contribution is -2.48. The molecule has 2 aliphatic rings. The average molecular weight is 556 g/mol. The van der Waals surface area contributed by atoms with Crippen molar-refractivity contribution in [3.05, 3.63) is 11.1 Å². The topological polar surface area (TPSA) is 176 Å². The number of carbonyl (C=O) groups is 4.